The van der Waals surface area contributed by atoms with Crippen molar-refractivity contribution in [2.75, 3.05) is 0 Å². The first-order valence-corrected chi connectivity index (χ1v) is 5.41. The zero-order chi connectivity index (χ0) is 11.1. The summed E-state index contributed by atoms with van der Waals surface area (Å²) in [4.78, 5) is 0. The van der Waals surface area contributed by atoms with Gasteiger partial charge in [0.1, 0.15) is 0 Å². The molecule has 2 aromatic rings. The quantitative estimate of drug-likeness (QED) is 0.675. The van der Waals surface area contributed by atoms with Gasteiger partial charge in [-0.15, -0.1) is 0 Å². The molecule has 0 atom stereocenters. The van der Waals surface area contributed by atoms with Crippen molar-refractivity contribution >= 4 is 45.7 Å². The van der Waals surface area contributed by atoms with E-state index in [1.165, 1.54) is 6.20 Å². The monoisotopic (exact) mass is 260 g/mol. The Morgan fingerprint density at radius 1 is 1.20 bits per heavy atom. The number of fused-ring (bicyclic) bond motifs is 1. The van der Waals surface area contributed by atoms with E-state index in [9.17, 15) is 0 Å². The minimum absolute atomic E-state index is 0.557. The molecule has 0 spiro atoms. The summed E-state index contributed by atoms with van der Waals surface area (Å²) < 4.78 is -1.47. The van der Waals surface area contributed by atoms with Crippen LogP contribution in [-0.4, -0.2) is 10.2 Å². The molecule has 0 aliphatic carbocycles. The van der Waals surface area contributed by atoms with Crippen molar-refractivity contribution in [1.82, 2.24) is 10.2 Å². The maximum Gasteiger partial charge on any atom is 0.218 e. The standard InChI is InChI=1S/C10H7Cl3N2/c1-6-2-3-9-7(4-6)8(5-14-15-9)10(11,12)13/h2-5H,1H3. The number of halogens is 3. The van der Waals surface area contributed by atoms with Crippen molar-refractivity contribution < 1.29 is 0 Å². The number of aryl methyl sites for hydroxylation is 1. The van der Waals surface area contributed by atoms with Gasteiger partial charge in [0.25, 0.3) is 0 Å². The topological polar surface area (TPSA) is 25.8 Å². The maximum atomic E-state index is 5.85. The molecule has 0 saturated heterocycles. The fourth-order valence-corrected chi connectivity index (χ4v) is 1.85. The highest BCUT2D eigenvalue weighted by atomic mass is 35.6. The van der Waals surface area contributed by atoms with Crippen LogP contribution < -0.4 is 0 Å². The Hall–Kier alpha value is -0.570. The molecule has 1 aromatic carbocycles. The lowest BCUT2D eigenvalue weighted by atomic mass is 10.1. The molecule has 15 heavy (non-hydrogen) atoms. The average molecular weight is 262 g/mol. The van der Waals surface area contributed by atoms with E-state index in [-0.39, 0.29) is 0 Å². The minimum Gasteiger partial charge on any atom is -0.158 e. The largest absolute Gasteiger partial charge is 0.218 e. The number of hydrogen-bond acceptors (Lipinski definition) is 2. The summed E-state index contributed by atoms with van der Waals surface area (Å²) in [5, 5.41) is 8.60. The van der Waals surface area contributed by atoms with Gasteiger partial charge in [-0.1, -0.05) is 46.4 Å². The molecule has 0 fully saturated rings. The molecule has 2 rings (SSSR count). The van der Waals surface area contributed by atoms with Gasteiger partial charge < -0.3 is 0 Å². The molecule has 2 nitrogen and oxygen atoms in total. The molecule has 0 amide bonds. The first-order valence-electron chi connectivity index (χ1n) is 4.28. The summed E-state index contributed by atoms with van der Waals surface area (Å²) in [6.45, 7) is 1.97. The second-order valence-electron chi connectivity index (χ2n) is 3.28. The molecular formula is C10H7Cl3N2. The number of hydrogen-bond donors (Lipinski definition) is 0. The Balaban J connectivity index is 2.80. The van der Waals surface area contributed by atoms with E-state index in [4.69, 9.17) is 34.8 Å². The number of rotatable bonds is 0. The van der Waals surface area contributed by atoms with Gasteiger partial charge in [0.05, 0.1) is 11.7 Å². The second-order valence-corrected chi connectivity index (χ2v) is 5.56. The normalized spacial score (nSPS) is 12.0. The van der Waals surface area contributed by atoms with Gasteiger partial charge in [-0.25, -0.2) is 0 Å². The Labute approximate surface area is 102 Å². The molecule has 0 bridgehead atoms. The predicted octanol–water partition coefficient (Wildman–Crippen LogP) is 3.76. The predicted molar refractivity (Wildman–Crippen MR) is 63.5 cm³/mol. The molecule has 0 aliphatic heterocycles. The number of nitrogens with zero attached hydrogens (tertiary/aromatic N) is 2. The van der Waals surface area contributed by atoms with Gasteiger partial charge in [0.15, 0.2) is 0 Å². The Morgan fingerprint density at radius 3 is 2.60 bits per heavy atom. The van der Waals surface area contributed by atoms with Crippen molar-refractivity contribution in [3.05, 3.63) is 35.5 Å². The van der Waals surface area contributed by atoms with Gasteiger partial charge in [-0.05, 0) is 19.1 Å². The summed E-state index contributed by atoms with van der Waals surface area (Å²) in [6, 6.07) is 5.73. The lowest BCUT2D eigenvalue weighted by Crippen LogP contribution is -2.03. The van der Waals surface area contributed by atoms with Gasteiger partial charge in [-0.3, -0.25) is 0 Å². The molecule has 1 aromatic heterocycles. The number of aromatic nitrogens is 2. The number of benzene rings is 1. The van der Waals surface area contributed by atoms with Crippen molar-refractivity contribution in [2.45, 2.75) is 10.7 Å². The zero-order valence-electron chi connectivity index (χ0n) is 7.84. The minimum atomic E-state index is -1.47. The number of alkyl halides is 3. The highest BCUT2D eigenvalue weighted by molar-refractivity contribution is 6.67. The maximum absolute atomic E-state index is 5.85. The third-order valence-electron chi connectivity index (χ3n) is 2.10. The van der Waals surface area contributed by atoms with Gasteiger partial charge in [0.2, 0.25) is 3.79 Å². The van der Waals surface area contributed by atoms with Crippen LogP contribution in [0.5, 0.6) is 0 Å². The molecule has 0 unspecified atom stereocenters. The fourth-order valence-electron chi connectivity index (χ4n) is 1.40. The molecule has 0 aliphatic rings. The van der Waals surface area contributed by atoms with Crippen LogP contribution in [0.1, 0.15) is 11.1 Å². The van der Waals surface area contributed by atoms with E-state index < -0.39 is 3.79 Å². The summed E-state index contributed by atoms with van der Waals surface area (Å²) >= 11 is 17.6. The van der Waals surface area contributed by atoms with Crippen LogP contribution in [-0.2, 0) is 3.79 Å². The first kappa shape index (κ1) is 10.9. The van der Waals surface area contributed by atoms with E-state index in [0.717, 1.165) is 16.5 Å². The van der Waals surface area contributed by atoms with Crippen LogP contribution >= 0.6 is 34.8 Å². The lowest BCUT2D eigenvalue weighted by molar-refractivity contribution is 1.04. The van der Waals surface area contributed by atoms with E-state index in [2.05, 4.69) is 10.2 Å². The molecule has 0 saturated carbocycles. The summed E-state index contributed by atoms with van der Waals surface area (Å²) in [5.41, 5.74) is 2.37. The van der Waals surface area contributed by atoms with Gasteiger partial charge in [-0.2, -0.15) is 10.2 Å². The van der Waals surface area contributed by atoms with Crippen molar-refractivity contribution in [2.24, 2.45) is 0 Å². The van der Waals surface area contributed by atoms with Crippen LogP contribution in [0.2, 0.25) is 0 Å². The third kappa shape index (κ3) is 2.17. The van der Waals surface area contributed by atoms with Crippen LogP contribution in [0, 0.1) is 6.92 Å². The van der Waals surface area contributed by atoms with Crippen molar-refractivity contribution in [1.29, 1.82) is 0 Å². The smallest absolute Gasteiger partial charge is 0.158 e. The summed E-state index contributed by atoms with van der Waals surface area (Å²) in [7, 11) is 0. The van der Waals surface area contributed by atoms with Gasteiger partial charge >= 0.3 is 0 Å². The molecule has 1 heterocycles. The third-order valence-corrected chi connectivity index (χ3v) is 2.71. The molecule has 5 heteroatoms. The first-order chi connectivity index (χ1) is 6.98. The molecule has 78 valence electrons. The zero-order valence-corrected chi connectivity index (χ0v) is 10.1. The highest BCUT2D eigenvalue weighted by Gasteiger charge is 2.25. The highest BCUT2D eigenvalue weighted by Crippen LogP contribution is 2.40. The van der Waals surface area contributed by atoms with E-state index in [1.807, 2.05) is 25.1 Å². The van der Waals surface area contributed by atoms with Crippen LogP contribution in [0.3, 0.4) is 0 Å². The van der Waals surface area contributed by atoms with Crippen molar-refractivity contribution in [3.63, 3.8) is 0 Å². The Morgan fingerprint density at radius 2 is 1.93 bits per heavy atom. The second kappa shape index (κ2) is 3.78. The van der Waals surface area contributed by atoms with E-state index in [0.29, 0.717) is 5.56 Å². The Kier molecular flexibility index (Phi) is 2.75. The van der Waals surface area contributed by atoms with E-state index in [1.54, 1.807) is 0 Å². The average Bonchev–Trinajstić information content (AvgIpc) is 2.15. The van der Waals surface area contributed by atoms with E-state index >= 15 is 0 Å². The summed E-state index contributed by atoms with van der Waals surface area (Å²) in [6.07, 6.45) is 1.48. The molecule has 0 radical (unpaired) electrons. The molecule has 0 N–H and O–H groups in total. The fraction of sp³-hybridized carbons (Fsp3) is 0.200. The van der Waals surface area contributed by atoms with Crippen molar-refractivity contribution in [3.8, 4) is 0 Å². The molecular weight excluding hydrogens is 254 g/mol. The summed E-state index contributed by atoms with van der Waals surface area (Å²) in [5.74, 6) is 0. The van der Waals surface area contributed by atoms with Crippen LogP contribution in [0.15, 0.2) is 24.4 Å². The SMILES string of the molecule is Cc1ccc2nncc(C(Cl)(Cl)Cl)c2c1. The van der Waals surface area contributed by atoms with Gasteiger partial charge in [0, 0.05) is 10.9 Å². The van der Waals surface area contributed by atoms with Crippen LogP contribution in [0.4, 0.5) is 0 Å². The Bertz CT molecular complexity index is 505. The lowest BCUT2D eigenvalue weighted by Gasteiger charge is -2.13. The van der Waals surface area contributed by atoms with Crippen LogP contribution in [0.25, 0.3) is 10.9 Å².